The summed E-state index contributed by atoms with van der Waals surface area (Å²) in [5, 5.41) is 2.07. The topological polar surface area (TPSA) is 38.2 Å². The standard InChI is InChI=1S/C12H15N3OS/c1-15(7-11-8-17-9-14-11)6-10-3-4-12(16-2)13-5-10/h3-5,8-9H,6-7H2,1-2H3. The van der Waals surface area contributed by atoms with Crippen LogP contribution in [0.2, 0.25) is 0 Å². The molecule has 2 aromatic heterocycles. The summed E-state index contributed by atoms with van der Waals surface area (Å²) in [5.41, 5.74) is 4.14. The zero-order valence-electron chi connectivity index (χ0n) is 9.96. The van der Waals surface area contributed by atoms with Gasteiger partial charge < -0.3 is 4.74 Å². The van der Waals surface area contributed by atoms with Crippen molar-refractivity contribution in [2.45, 2.75) is 13.1 Å². The fourth-order valence-corrected chi connectivity index (χ4v) is 2.13. The van der Waals surface area contributed by atoms with Crippen LogP contribution in [0, 0.1) is 0 Å². The van der Waals surface area contributed by atoms with Crippen molar-refractivity contribution in [1.82, 2.24) is 14.9 Å². The summed E-state index contributed by atoms with van der Waals surface area (Å²) in [6, 6.07) is 3.91. The molecule has 2 rings (SSSR count). The van der Waals surface area contributed by atoms with E-state index >= 15 is 0 Å². The van der Waals surface area contributed by atoms with Crippen molar-refractivity contribution in [3.05, 3.63) is 40.5 Å². The molecule has 0 fully saturated rings. The van der Waals surface area contributed by atoms with Crippen LogP contribution in [0.1, 0.15) is 11.3 Å². The highest BCUT2D eigenvalue weighted by atomic mass is 32.1. The normalized spacial score (nSPS) is 10.8. The number of hydrogen-bond donors (Lipinski definition) is 0. The molecule has 0 unspecified atom stereocenters. The Morgan fingerprint density at radius 2 is 2.18 bits per heavy atom. The Kier molecular flexibility index (Phi) is 4.06. The lowest BCUT2D eigenvalue weighted by atomic mass is 10.2. The maximum absolute atomic E-state index is 5.03. The molecule has 0 spiro atoms. The van der Waals surface area contributed by atoms with Gasteiger partial charge in [0.2, 0.25) is 5.88 Å². The lowest BCUT2D eigenvalue weighted by Gasteiger charge is -2.15. The lowest BCUT2D eigenvalue weighted by molar-refractivity contribution is 0.315. The Bertz CT molecular complexity index is 441. The molecule has 2 heterocycles. The average molecular weight is 249 g/mol. The highest BCUT2D eigenvalue weighted by Crippen LogP contribution is 2.10. The van der Waals surface area contributed by atoms with Gasteiger partial charge in [0.15, 0.2) is 0 Å². The summed E-state index contributed by atoms with van der Waals surface area (Å²) in [6.07, 6.45) is 1.84. The van der Waals surface area contributed by atoms with Crippen LogP contribution in [0.5, 0.6) is 5.88 Å². The first-order valence-corrected chi connectivity index (χ1v) is 6.27. The molecule has 0 aliphatic heterocycles. The molecule has 0 aromatic carbocycles. The van der Waals surface area contributed by atoms with Crippen LogP contribution in [0.4, 0.5) is 0 Å². The minimum absolute atomic E-state index is 0.649. The Morgan fingerprint density at radius 1 is 1.29 bits per heavy atom. The predicted octanol–water partition coefficient (Wildman–Crippen LogP) is 2.18. The second kappa shape index (κ2) is 5.75. The second-order valence-electron chi connectivity index (χ2n) is 3.86. The number of thiazole rings is 1. The summed E-state index contributed by atoms with van der Waals surface area (Å²) < 4.78 is 5.03. The Morgan fingerprint density at radius 3 is 2.76 bits per heavy atom. The smallest absolute Gasteiger partial charge is 0.212 e. The summed E-state index contributed by atoms with van der Waals surface area (Å²) in [7, 11) is 3.69. The Balaban J connectivity index is 1.91. The number of pyridine rings is 1. The van der Waals surface area contributed by atoms with Crippen LogP contribution >= 0.6 is 11.3 Å². The molecule has 4 nitrogen and oxygen atoms in total. The number of aromatic nitrogens is 2. The van der Waals surface area contributed by atoms with E-state index in [1.165, 1.54) is 5.56 Å². The maximum atomic E-state index is 5.03. The minimum Gasteiger partial charge on any atom is -0.481 e. The van der Waals surface area contributed by atoms with E-state index in [9.17, 15) is 0 Å². The second-order valence-corrected chi connectivity index (χ2v) is 4.58. The monoisotopic (exact) mass is 249 g/mol. The molecular formula is C12H15N3OS. The van der Waals surface area contributed by atoms with Crippen LogP contribution < -0.4 is 4.74 Å². The first kappa shape index (κ1) is 12.0. The van der Waals surface area contributed by atoms with E-state index in [2.05, 4.69) is 27.3 Å². The van der Waals surface area contributed by atoms with Crippen molar-refractivity contribution >= 4 is 11.3 Å². The summed E-state index contributed by atoms with van der Waals surface area (Å²) >= 11 is 1.63. The van der Waals surface area contributed by atoms with Crippen LogP contribution in [-0.2, 0) is 13.1 Å². The zero-order chi connectivity index (χ0) is 12.1. The highest BCUT2D eigenvalue weighted by Gasteiger charge is 2.03. The van der Waals surface area contributed by atoms with Crippen molar-refractivity contribution in [3.8, 4) is 5.88 Å². The fraction of sp³-hybridized carbons (Fsp3) is 0.333. The van der Waals surface area contributed by atoms with Crippen LogP contribution in [0.15, 0.2) is 29.2 Å². The fourth-order valence-electron chi connectivity index (χ4n) is 1.58. The molecule has 17 heavy (non-hydrogen) atoms. The van der Waals surface area contributed by atoms with Gasteiger partial charge in [-0.3, -0.25) is 4.90 Å². The minimum atomic E-state index is 0.649. The molecule has 0 aliphatic carbocycles. The van der Waals surface area contributed by atoms with Crippen molar-refractivity contribution in [1.29, 1.82) is 0 Å². The third-order valence-electron chi connectivity index (χ3n) is 2.37. The summed E-state index contributed by atoms with van der Waals surface area (Å²) in [4.78, 5) is 10.7. The van der Waals surface area contributed by atoms with Crippen LogP contribution in [0.25, 0.3) is 0 Å². The van der Waals surface area contributed by atoms with Gasteiger partial charge in [0.25, 0.3) is 0 Å². The van der Waals surface area contributed by atoms with Crippen molar-refractivity contribution in [2.24, 2.45) is 0 Å². The van der Waals surface area contributed by atoms with Crippen molar-refractivity contribution in [3.63, 3.8) is 0 Å². The largest absolute Gasteiger partial charge is 0.481 e. The molecule has 90 valence electrons. The summed E-state index contributed by atoms with van der Waals surface area (Å²) in [6.45, 7) is 1.71. The highest BCUT2D eigenvalue weighted by molar-refractivity contribution is 7.07. The molecule has 0 bridgehead atoms. The molecule has 0 N–H and O–H groups in total. The number of hydrogen-bond acceptors (Lipinski definition) is 5. The molecule has 2 aromatic rings. The van der Waals surface area contributed by atoms with Gasteiger partial charge in [-0.05, 0) is 12.6 Å². The van der Waals surface area contributed by atoms with Gasteiger partial charge in [-0.2, -0.15) is 0 Å². The van der Waals surface area contributed by atoms with E-state index in [1.807, 2.05) is 23.8 Å². The van der Waals surface area contributed by atoms with Gasteiger partial charge in [-0.15, -0.1) is 11.3 Å². The molecule has 0 saturated heterocycles. The van der Waals surface area contributed by atoms with Gasteiger partial charge in [0.1, 0.15) is 0 Å². The molecule has 0 saturated carbocycles. The van der Waals surface area contributed by atoms with E-state index in [0.29, 0.717) is 5.88 Å². The van der Waals surface area contributed by atoms with Crippen molar-refractivity contribution < 1.29 is 4.74 Å². The number of ether oxygens (including phenoxy) is 1. The first-order chi connectivity index (χ1) is 8.28. The van der Waals surface area contributed by atoms with Crippen LogP contribution in [-0.4, -0.2) is 29.0 Å². The number of rotatable bonds is 5. The molecule has 0 amide bonds. The third kappa shape index (κ3) is 3.51. The molecular weight excluding hydrogens is 234 g/mol. The number of methoxy groups -OCH3 is 1. The zero-order valence-corrected chi connectivity index (χ0v) is 10.8. The Hall–Kier alpha value is -1.46. The van der Waals surface area contributed by atoms with Crippen molar-refractivity contribution in [2.75, 3.05) is 14.2 Å². The van der Waals surface area contributed by atoms with Gasteiger partial charge >= 0.3 is 0 Å². The molecule has 0 atom stereocenters. The molecule has 5 heteroatoms. The van der Waals surface area contributed by atoms with Crippen LogP contribution in [0.3, 0.4) is 0 Å². The van der Waals surface area contributed by atoms with E-state index in [1.54, 1.807) is 18.4 Å². The average Bonchev–Trinajstić information content (AvgIpc) is 2.82. The lowest BCUT2D eigenvalue weighted by Crippen LogP contribution is -2.17. The molecule has 0 aliphatic rings. The van der Waals surface area contributed by atoms with E-state index in [-0.39, 0.29) is 0 Å². The van der Waals surface area contributed by atoms with E-state index < -0.39 is 0 Å². The maximum Gasteiger partial charge on any atom is 0.212 e. The molecule has 0 radical (unpaired) electrons. The van der Waals surface area contributed by atoms with Gasteiger partial charge in [-0.25, -0.2) is 9.97 Å². The van der Waals surface area contributed by atoms with Gasteiger partial charge in [0, 0.05) is 30.7 Å². The SMILES string of the molecule is COc1ccc(CN(C)Cc2cscn2)cn1. The van der Waals surface area contributed by atoms with E-state index in [4.69, 9.17) is 4.74 Å². The quantitative estimate of drug-likeness (QED) is 0.814. The summed E-state index contributed by atoms with van der Waals surface area (Å²) in [5.74, 6) is 0.649. The first-order valence-electron chi connectivity index (χ1n) is 5.32. The van der Waals surface area contributed by atoms with E-state index in [0.717, 1.165) is 18.8 Å². The predicted molar refractivity (Wildman–Crippen MR) is 68.1 cm³/mol. The Labute approximate surface area is 105 Å². The van der Waals surface area contributed by atoms with Gasteiger partial charge in [-0.1, -0.05) is 6.07 Å². The number of nitrogens with zero attached hydrogens (tertiary/aromatic N) is 3. The van der Waals surface area contributed by atoms with Gasteiger partial charge in [0.05, 0.1) is 18.3 Å². The third-order valence-corrected chi connectivity index (χ3v) is 3.01.